The summed E-state index contributed by atoms with van der Waals surface area (Å²) in [5.41, 5.74) is 7.13. The number of hydrogen-bond acceptors (Lipinski definition) is 2. The van der Waals surface area contributed by atoms with Crippen molar-refractivity contribution in [2.75, 3.05) is 0 Å². The topological polar surface area (TPSA) is 12.9 Å². The standard InChI is InChI=1S/C30H33NS/c1-18-8-9-20-15-23-27-26-21(10-11-31-27)13-19(16-29(2,3)4)14-25(26)32-28(23)24(22(20)12-18)17-30(5,6)7/h8-15H,16-17H2,1-7H3. The maximum atomic E-state index is 4.93. The minimum absolute atomic E-state index is 0.208. The molecule has 4 aromatic rings. The molecule has 1 nitrogen and oxygen atoms in total. The van der Waals surface area contributed by atoms with Gasteiger partial charge in [0, 0.05) is 26.9 Å². The van der Waals surface area contributed by atoms with Gasteiger partial charge >= 0.3 is 0 Å². The van der Waals surface area contributed by atoms with Gasteiger partial charge < -0.3 is 0 Å². The fraction of sp³-hybridized carbons (Fsp3) is 0.367. The van der Waals surface area contributed by atoms with Crippen LogP contribution in [0, 0.1) is 17.8 Å². The van der Waals surface area contributed by atoms with E-state index in [2.05, 4.69) is 90.9 Å². The Kier molecular flexibility index (Phi) is 4.94. The van der Waals surface area contributed by atoms with Gasteiger partial charge in [-0.05, 0) is 76.1 Å². The third kappa shape index (κ3) is 3.94. The fourth-order valence-corrected chi connectivity index (χ4v) is 6.33. The van der Waals surface area contributed by atoms with Crippen molar-refractivity contribution in [3.8, 4) is 11.3 Å². The Balaban J connectivity index is 1.81. The molecule has 0 bridgehead atoms. The first-order chi connectivity index (χ1) is 15.0. The van der Waals surface area contributed by atoms with Crippen LogP contribution in [0.1, 0.15) is 58.2 Å². The van der Waals surface area contributed by atoms with Crippen LogP contribution in [0.15, 0.2) is 58.5 Å². The number of nitrogens with zero attached hydrogens (tertiary/aromatic N) is 1. The number of aryl methyl sites for hydroxylation is 1. The quantitative estimate of drug-likeness (QED) is 0.272. The van der Waals surface area contributed by atoms with Gasteiger partial charge in [0.1, 0.15) is 0 Å². The minimum Gasteiger partial charge on any atom is -0.256 e. The lowest BCUT2D eigenvalue weighted by Gasteiger charge is -2.28. The molecule has 0 aliphatic carbocycles. The summed E-state index contributed by atoms with van der Waals surface area (Å²) in [7, 11) is 0. The van der Waals surface area contributed by atoms with Crippen LogP contribution in [0.5, 0.6) is 0 Å². The van der Waals surface area contributed by atoms with E-state index in [-0.39, 0.29) is 10.8 Å². The molecular formula is C30H33NS. The van der Waals surface area contributed by atoms with Crippen LogP contribution in [-0.4, -0.2) is 4.98 Å². The molecule has 1 aromatic heterocycles. The molecule has 1 aliphatic heterocycles. The number of aromatic nitrogens is 1. The molecule has 0 saturated heterocycles. The first kappa shape index (κ1) is 21.5. The van der Waals surface area contributed by atoms with Gasteiger partial charge in [0.25, 0.3) is 0 Å². The molecule has 164 valence electrons. The molecule has 5 rings (SSSR count). The summed E-state index contributed by atoms with van der Waals surface area (Å²) in [4.78, 5) is 7.69. The van der Waals surface area contributed by atoms with Gasteiger partial charge in [-0.25, -0.2) is 0 Å². The van der Waals surface area contributed by atoms with E-state index in [1.54, 1.807) is 0 Å². The summed E-state index contributed by atoms with van der Waals surface area (Å²) in [6.45, 7) is 16.2. The first-order valence-corrected chi connectivity index (χ1v) is 12.5. The average molecular weight is 440 g/mol. The van der Waals surface area contributed by atoms with E-state index in [4.69, 9.17) is 4.98 Å². The molecule has 0 atom stereocenters. The van der Waals surface area contributed by atoms with Crippen LogP contribution in [0.2, 0.25) is 0 Å². The maximum Gasteiger partial charge on any atom is 0.0803 e. The van der Waals surface area contributed by atoms with Gasteiger partial charge in [-0.1, -0.05) is 83.1 Å². The molecule has 0 amide bonds. The summed E-state index contributed by atoms with van der Waals surface area (Å²) >= 11 is 1.96. The number of hydrogen-bond donors (Lipinski definition) is 0. The predicted molar refractivity (Wildman–Crippen MR) is 140 cm³/mol. The van der Waals surface area contributed by atoms with Crippen LogP contribution < -0.4 is 0 Å². The SMILES string of the molecule is Cc1ccc2cc3c(c(CC(C)(C)C)c2c1)Sc1cc(CC(C)(C)C)cc2ccnc-3c12. The van der Waals surface area contributed by atoms with Crippen LogP contribution in [0.25, 0.3) is 32.8 Å². The largest absolute Gasteiger partial charge is 0.256 e. The molecule has 0 unspecified atom stereocenters. The van der Waals surface area contributed by atoms with Crippen molar-refractivity contribution in [3.05, 3.63) is 65.4 Å². The Morgan fingerprint density at radius 2 is 1.56 bits per heavy atom. The van der Waals surface area contributed by atoms with Crippen molar-refractivity contribution in [1.29, 1.82) is 0 Å². The van der Waals surface area contributed by atoms with Crippen molar-refractivity contribution in [2.45, 2.75) is 71.1 Å². The van der Waals surface area contributed by atoms with Gasteiger partial charge in [0.15, 0.2) is 0 Å². The van der Waals surface area contributed by atoms with E-state index in [1.807, 2.05) is 18.0 Å². The van der Waals surface area contributed by atoms with Crippen molar-refractivity contribution >= 4 is 33.3 Å². The number of fused-ring (bicyclic) bond motifs is 3. The summed E-state index contributed by atoms with van der Waals surface area (Å²) in [5.74, 6) is 0. The van der Waals surface area contributed by atoms with E-state index in [0.717, 1.165) is 18.5 Å². The normalized spacial score (nSPS) is 13.6. The molecule has 0 N–H and O–H groups in total. The van der Waals surface area contributed by atoms with Gasteiger partial charge in [0.2, 0.25) is 0 Å². The van der Waals surface area contributed by atoms with Crippen molar-refractivity contribution in [3.63, 3.8) is 0 Å². The zero-order valence-corrected chi connectivity index (χ0v) is 21.2. The summed E-state index contributed by atoms with van der Waals surface area (Å²) < 4.78 is 0. The molecule has 32 heavy (non-hydrogen) atoms. The van der Waals surface area contributed by atoms with E-state index < -0.39 is 0 Å². The van der Waals surface area contributed by atoms with Crippen molar-refractivity contribution < 1.29 is 0 Å². The molecule has 0 radical (unpaired) electrons. The molecule has 2 heteroatoms. The van der Waals surface area contributed by atoms with E-state index in [1.165, 1.54) is 53.6 Å². The second kappa shape index (κ2) is 7.35. The van der Waals surface area contributed by atoms with Crippen LogP contribution >= 0.6 is 11.8 Å². The third-order valence-corrected chi connectivity index (χ3v) is 7.36. The van der Waals surface area contributed by atoms with Gasteiger partial charge in [-0.3, -0.25) is 4.98 Å². The number of pyridine rings is 1. The highest BCUT2D eigenvalue weighted by Crippen LogP contribution is 2.51. The molecule has 0 fully saturated rings. The highest BCUT2D eigenvalue weighted by Gasteiger charge is 2.27. The maximum absolute atomic E-state index is 4.93. The van der Waals surface area contributed by atoms with Gasteiger partial charge in [-0.15, -0.1) is 0 Å². The summed E-state index contributed by atoms with van der Waals surface area (Å²) in [6.07, 6.45) is 4.12. The lowest BCUT2D eigenvalue weighted by Crippen LogP contribution is -2.12. The Morgan fingerprint density at radius 3 is 2.28 bits per heavy atom. The fourth-order valence-electron chi connectivity index (χ4n) is 5.01. The zero-order chi connectivity index (χ0) is 22.8. The zero-order valence-electron chi connectivity index (χ0n) is 20.4. The Labute approximate surface area is 196 Å². The Bertz CT molecular complexity index is 1370. The minimum atomic E-state index is 0.208. The summed E-state index contributed by atoms with van der Waals surface area (Å²) in [6, 6.07) is 16.2. The first-order valence-electron chi connectivity index (χ1n) is 11.6. The Morgan fingerprint density at radius 1 is 0.812 bits per heavy atom. The highest BCUT2D eigenvalue weighted by molar-refractivity contribution is 7.99. The lowest BCUT2D eigenvalue weighted by molar-refractivity contribution is 0.410. The Hall–Kier alpha value is -2.32. The molecule has 2 heterocycles. The molecule has 1 aliphatic rings. The monoisotopic (exact) mass is 439 g/mol. The third-order valence-electron chi connectivity index (χ3n) is 6.15. The van der Waals surface area contributed by atoms with Crippen LogP contribution in [-0.2, 0) is 12.8 Å². The second-order valence-electron chi connectivity index (χ2n) is 11.9. The highest BCUT2D eigenvalue weighted by atomic mass is 32.2. The second-order valence-corrected chi connectivity index (χ2v) is 12.9. The van der Waals surface area contributed by atoms with E-state index in [9.17, 15) is 0 Å². The molecule has 0 spiro atoms. The van der Waals surface area contributed by atoms with Crippen LogP contribution in [0.4, 0.5) is 0 Å². The summed E-state index contributed by atoms with van der Waals surface area (Å²) in [5, 5.41) is 5.34. The molecular weight excluding hydrogens is 406 g/mol. The molecule has 3 aromatic carbocycles. The van der Waals surface area contributed by atoms with Gasteiger partial charge in [-0.2, -0.15) is 0 Å². The van der Waals surface area contributed by atoms with Crippen molar-refractivity contribution in [1.82, 2.24) is 4.98 Å². The predicted octanol–water partition coefficient (Wildman–Crippen LogP) is 9.01. The average Bonchev–Trinajstić information content (AvgIpc) is 2.67. The lowest BCUT2D eigenvalue weighted by atomic mass is 9.84. The molecule has 0 saturated carbocycles. The number of rotatable bonds is 2. The van der Waals surface area contributed by atoms with Crippen LogP contribution in [0.3, 0.4) is 0 Å². The van der Waals surface area contributed by atoms with Crippen molar-refractivity contribution in [2.24, 2.45) is 10.8 Å². The van der Waals surface area contributed by atoms with E-state index >= 15 is 0 Å². The smallest absolute Gasteiger partial charge is 0.0803 e. The van der Waals surface area contributed by atoms with Gasteiger partial charge in [0.05, 0.1) is 5.69 Å². The van der Waals surface area contributed by atoms with E-state index in [0.29, 0.717) is 0 Å². The number of benzene rings is 3.